The molecule has 156 valence electrons. The number of anilines is 2. The zero-order chi connectivity index (χ0) is 21.0. The number of nitrogens with zero attached hydrogens (tertiary/aromatic N) is 6. The van der Waals surface area contributed by atoms with E-state index in [0.717, 1.165) is 36.5 Å². The van der Waals surface area contributed by atoms with E-state index < -0.39 is 0 Å². The minimum absolute atomic E-state index is 0.147. The van der Waals surface area contributed by atoms with Gasteiger partial charge >= 0.3 is 0 Å². The first-order chi connectivity index (χ1) is 15.3. The minimum atomic E-state index is -0.169. The highest BCUT2D eigenvalue weighted by molar-refractivity contribution is 7.14. The van der Waals surface area contributed by atoms with Gasteiger partial charge in [0, 0.05) is 43.3 Å². The molecule has 0 aromatic carbocycles. The van der Waals surface area contributed by atoms with Gasteiger partial charge in [0.15, 0.2) is 10.9 Å². The first kappa shape index (κ1) is 19.4. The maximum atomic E-state index is 12.9. The van der Waals surface area contributed by atoms with Gasteiger partial charge in [0.1, 0.15) is 5.69 Å². The molecular weight excluding hydrogens is 410 g/mol. The van der Waals surface area contributed by atoms with Crippen LogP contribution in [0.1, 0.15) is 40.6 Å². The van der Waals surface area contributed by atoms with Crippen molar-refractivity contribution >= 4 is 28.2 Å². The van der Waals surface area contributed by atoms with Crippen LogP contribution in [-0.4, -0.2) is 37.2 Å². The van der Waals surface area contributed by atoms with Crippen LogP contribution in [0.15, 0.2) is 66.6 Å². The third-order valence-corrected chi connectivity index (χ3v) is 6.13. The summed E-state index contributed by atoms with van der Waals surface area (Å²) in [4.78, 5) is 23.9. The lowest BCUT2D eigenvalue weighted by molar-refractivity contribution is 0.101. The van der Waals surface area contributed by atoms with Crippen LogP contribution in [0, 0.1) is 0 Å². The normalized spacial score (nSPS) is 15.9. The molecule has 8 nitrogen and oxygen atoms in total. The topological polar surface area (TPSA) is 88.8 Å². The van der Waals surface area contributed by atoms with E-state index in [1.54, 1.807) is 18.6 Å². The second-order valence-corrected chi connectivity index (χ2v) is 8.20. The number of aromatic nitrogens is 5. The molecule has 1 amide bonds. The van der Waals surface area contributed by atoms with Gasteiger partial charge < -0.3 is 9.47 Å². The number of nitrogens with one attached hydrogen (secondary N) is 1. The predicted molar refractivity (Wildman–Crippen MR) is 119 cm³/mol. The second-order valence-electron chi connectivity index (χ2n) is 7.34. The summed E-state index contributed by atoms with van der Waals surface area (Å²) in [6, 6.07) is 11.6. The molecule has 1 fully saturated rings. The smallest absolute Gasteiger partial charge is 0.274 e. The standard InChI is InChI=1S/C22H21N7OS/c30-21(19-5-2-12-28(19)14-16-7-10-23-11-8-16)26-22-25-17(15-31-22)18-4-3-13-29(18)20-6-1-9-24-27-20/h1-2,5-12,15,18H,3-4,13-14H2,(H,25,26,30)/t18-/m1/s1. The molecule has 1 atom stereocenters. The van der Waals surface area contributed by atoms with Gasteiger partial charge in [-0.15, -0.1) is 16.4 Å². The highest BCUT2D eigenvalue weighted by Gasteiger charge is 2.29. The highest BCUT2D eigenvalue weighted by atomic mass is 32.1. The van der Waals surface area contributed by atoms with E-state index in [1.165, 1.54) is 11.3 Å². The van der Waals surface area contributed by atoms with Crippen LogP contribution in [0.3, 0.4) is 0 Å². The number of hydrogen-bond acceptors (Lipinski definition) is 7. The first-order valence-electron chi connectivity index (χ1n) is 10.1. The largest absolute Gasteiger partial charge is 0.346 e. The summed E-state index contributed by atoms with van der Waals surface area (Å²) in [5.41, 5.74) is 2.63. The summed E-state index contributed by atoms with van der Waals surface area (Å²) < 4.78 is 1.92. The predicted octanol–water partition coefficient (Wildman–Crippen LogP) is 3.77. The summed E-state index contributed by atoms with van der Waals surface area (Å²) in [6.45, 7) is 1.53. The van der Waals surface area contributed by atoms with Crippen molar-refractivity contribution < 1.29 is 4.79 Å². The Balaban J connectivity index is 1.29. The van der Waals surface area contributed by atoms with E-state index in [9.17, 15) is 4.79 Å². The molecule has 0 bridgehead atoms. The Morgan fingerprint density at radius 3 is 2.90 bits per heavy atom. The lowest BCUT2D eigenvalue weighted by Gasteiger charge is -2.23. The number of carbonyl (C=O) groups is 1. The van der Waals surface area contributed by atoms with Crippen LogP contribution in [0.25, 0.3) is 0 Å². The quantitative estimate of drug-likeness (QED) is 0.500. The molecule has 1 aliphatic rings. The first-order valence-corrected chi connectivity index (χ1v) is 11.0. The molecule has 0 spiro atoms. The summed E-state index contributed by atoms with van der Waals surface area (Å²) in [7, 11) is 0. The number of carbonyl (C=O) groups excluding carboxylic acids is 1. The van der Waals surface area contributed by atoms with Gasteiger partial charge in [-0.05, 0) is 54.8 Å². The van der Waals surface area contributed by atoms with Crippen LogP contribution in [0.2, 0.25) is 0 Å². The van der Waals surface area contributed by atoms with E-state index >= 15 is 0 Å². The molecule has 1 aliphatic heterocycles. The van der Waals surface area contributed by atoms with Gasteiger partial charge in [0.2, 0.25) is 0 Å². The van der Waals surface area contributed by atoms with Crippen LogP contribution in [0.4, 0.5) is 10.9 Å². The fourth-order valence-corrected chi connectivity index (χ4v) is 4.65. The molecule has 0 radical (unpaired) electrons. The van der Waals surface area contributed by atoms with Crippen molar-refractivity contribution in [3.05, 3.63) is 83.5 Å². The molecule has 1 saturated heterocycles. The number of rotatable bonds is 6. The average Bonchev–Trinajstić information content (AvgIpc) is 3.56. The molecule has 0 unspecified atom stereocenters. The number of amides is 1. The van der Waals surface area contributed by atoms with Gasteiger partial charge in [-0.25, -0.2) is 4.98 Å². The van der Waals surface area contributed by atoms with E-state index in [1.807, 2.05) is 52.5 Å². The molecule has 5 heterocycles. The third kappa shape index (κ3) is 4.17. The Labute approximate surface area is 183 Å². The van der Waals surface area contributed by atoms with E-state index in [0.29, 0.717) is 17.4 Å². The fourth-order valence-electron chi connectivity index (χ4n) is 3.90. The summed E-state index contributed by atoms with van der Waals surface area (Å²) >= 11 is 1.45. The number of hydrogen-bond donors (Lipinski definition) is 1. The Morgan fingerprint density at radius 1 is 1.16 bits per heavy atom. The van der Waals surface area contributed by atoms with Gasteiger partial charge in [-0.1, -0.05) is 0 Å². The van der Waals surface area contributed by atoms with Crippen molar-refractivity contribution in [2.45, 2.75) is 25.4 Å². The summed E-state index contributed by atoms with van der Waals surface area (Å²) in [5, 5.41) is 13.8. The molecule has 31 heavy (non-hydrogen) atoms. The van der Waals surface area contributed by atoms with Crippen molar-refractivity contribution in [3.63, 3.8) is 0 Å². The Kier molecular flexibility index (Phi) is 5.40. The van der Waals surface area contributed by atoms with Crippen molar-refractivity contribution in [2.24, 2.45) is 0 Å². The zero-order valence-corrected chi connectivity index (χ0v) is 17.6. The lowest BCUT2D eigenvalue weighted by atomic mass is 10.2. The van der Waals surface area contributed by atoms with Crippen molar-refractivity contribution in [3.8, 4) is 0 Å². The Hall–Kier alpha value is -3.59. The molecular formula is C22H21N7OS. The fraction of sp³-hybridized carbons (Fsp3) is 0.227. The molecule has 0 saturated carbocycles. The van der Waals surface area contributed by atoms with Gasteiger partial charge in [-0.2, -0.15) is 5.10 Å². The Morgan fingerprint density at radius 2 is 2.06 bits per heavy atom. The van der Waals surface area contributed by atoms with Gasteiger partial charge in [0.05, 0.1) is 11.7 Å². The highest BCUT2D eigenvalue weighted by Crippen LogP contribution is 2.36. The summed E-state index contributed by atoms with van der Waals surface area (Å²) in [6.07, 6.45) is 9.16. The number of thiazole rings is 1. The van der Waals surface area contributed by atoms with Crippen LogP contribution in [0.5, 0.6) is 0 Å². The SMILES string of the molecule is O=C(Nc1nc([C@H]2CCCN2c2cccnn2)cs1)c1cccn1Cc1ccncc1. The monoisotopic (exact) mass is 431 g/mol. The summed E-state index contributed by atoms with van der Waals surface area (Å²) in [5.74, 6) is 0.690. The molecule has 9 heteroatoms. The van der Waals surface area contributed by atoms with Gasteiger partial charge in [-0.3, -0.25) is 15.1 Å². The third-order valence-electron chi connectivity index (χ3n) is 5.35. The molecule has 0 aliphatic carbocycles. The average molecular weight is 432 g/mol. The van der Waals surface area contributed by atoms with Crippen molar-refractivity contribution in [2.75, 3.05) is 16.8 Å². The zero-order valence-electron chi connectivity index (χ0n) is 16.8. The Bertz CT molecular complexity index is 1160. The van der Waals surface area contributed by atoms with Crippen LogP contribution >= 0.6 is 11.3 Å². The second kappa shape index (κ2) is 8.65. The maximum Gasteiger partial charge on any atom is 0.274 e. The molecule has 5 rings (SSSR count). The van der Waals surface area contributed by atoms with E-state index in [-0.39, 0.29) is 11.9 Å². The van der Waals surface area contributed by atoms with Crippen molar-refractivity contribution in [1.29, 1.82) is 0 Å². The van der Waals surface area contributed by atoms with Crippen LogP contribution in [-0.2, 0) is 6.54 Å². The molecule has 4 aromatic rings. The lowest BCUT2D eigenvalue weighted by Crippen LogP contribution is -2.24. The van der Waals surface area contributed by atoms with Crippen LogP contribution < -0.4 is 10.2 Å². The number of pyridine rings is 1. The van der Waals surface area contributed by atoms with Gasteiger partial charge in [0.25, 0.3) is 5.91 Å². The molecule has 1 N–H and O–H groups in total. The van der Waals surface area contributed by atoms with Crippen molar-refractivity contribution in [1.82, 2.24) is 24.7 Å². The van der Waals surface area contributed by atoms with E-state index in [4.69, 9.17) is 4.98 Å². The maximum absolute atomic E-state index is 12.9. The van der Waals surface area contributed by atoms with E-state index in [2.05, 4.69) is 25.4 Å². The minimum Gasteiger partial charge on any atom is -0.346 e. The molecule has 4 aromatic heterocycles.